The van der Waals surface area contributed by atoms with Gasteiger partial charge in [0.25, 0.3) is 5.91 Å². The molecule has 1 rings (SSSR count). The minimum Gasteiger partial charge on any atom is -0.352 e. The van der Waals surface area contributed by atoms with Crippen molar-refractivity contribution in [3.05, 3.63) is 33.8 Å². The van der Waals surface area contributed by atoms with E-state index in [9.17, 15) is 4.79 Å². The Balaban J connectivity index is 2.66. The summed E-state index contributed by atoms with van der Waals surface area (Å²) in [6.07, 6.45) is 0. The largest absolute Gasteiger partial charge is 0.352 e. The van der Waals surface area contributed by atoms with E-state index >= 15 is 0 Å². The second-order valence-electron chi connectivity index (χ2n) is 3.99. The molecule has 0 aliphatic carbocycles. The van der Waals surface area contributed by atoms with Crippen LogP contribution in [0, 0.1) is 12.8 Å². The van der Waals surface area contributed by atoms with Crippen LogP contribution < -0.4 is 5.32 Å². The summed E-state index contributed by atoms with van der Waals surface area (Å²) in [4.78, 5) is 11.8. The van der Waals surface area contributed by atoms with Gasteiger partial charge in [-0.15, -0.1) is 0 Å². The fourth-order valence-corrected chi connectivity index (χ4v) is 2.13. The van der Waals surface area contributed by atoms with Crippen LogP contribution in [0.5, 0.6) is 0 Å². The third-order valence-corrected chi connectivity index (χ3v) is 3.74. The van der Waals surface area contributed by atoms with Crippen LogP contribution in [0.1, 0.15) is 22.8 Å². The summed E-state index contributed by atoms with van der Waals surface area (Å²) in [5.41, 5.74) is 1.78. The Morgan fingerprint density at radius 3 is 2.69 bits per heavy atom. The van der Waals surface area contributed by atoms with Crippen molar-refractivity contribution >= 4 is 37.8 Å². The van der Waals surface area contributed by atoms with Crippen molar-refractivity contribution in [3.63, 3.8) is 0 Å². The quantitative estimate of drug-likeness (QED) is 0.829. The van der Waals surface area contributed by atoms with E-state index in [-0.39, 0.29) is 5.91 Å². The Hall–Kier alpha value is -0.350. The SMILES string of the molecule is Cc1cc(Br)cc(C(=O)NCC(C)CBr)c1. The van der Waals surface area contributed by atoms with Crippen LogP contribution >= 0.6 is 31.9 Å². The predicted octanol–water partition coefficient (Wildman–Crippen LogP) is 3.52. The maximum Gasteiger partial charge on any atom is 0.251 e. The molecule has 4 heteroatoms. The molecule has 1 unspecified atom stereocenters. The number of nitrogens with one attached hydrogen (secondary N) is 1. The lowest BCUT2D eigenvalue weighted by atomic mass is 10.1. The van der Waals surface area contributed by atoms with Crippen molar-refractivity contribution in [1.82, 2.24) is 5.32 Å². The molecule has 1 aromatic rings. The van der Waals surface area contributed by atoms with E-state index in [0.717, 1.165) is 15.4 Å². The number of benzene rings is 1. The van der Waals surface area contributed by atoms with Crippen molar-refractivity contribution in [3.8, 4) is 0 Å². The summed E-state index contributed by atoms with van der Waals surface area (Å²) < 4.78 is 0.936. The Kier molecular flexibility index (Phi) is 5.49. The van der Waals surface area contributed by atoms with Gasteiger partial charge in [0.15, 0.2) is 0 Å². The minimum atomic E-state index is -0.0165. The standard InChI is InChI=1S/C12H15Br2NO/c1-8-3-10(5-11(14)4-8)12(16)15-7-9(2)6-13/h3-5,9H,6-7H2,1-2H3,(H,15,16). The zero-order valence-corrected chi connectivity index (χ0v) is 12.6. The molecule has 1 aromatic carbocycles. The molecule has 0 bridgehead atoms. The zero-order chi connectivity index (χ0) is 12.1. The van der Waals surface area contributed by atoms with Crippen LogP contribution in [0.25, 0.3) is 0 Å². The van der Waals surface area contributed by atoms with Gasteiger partial charge in [0, 0.05) is 21.9 Å². The van der Waals surface area contributed by atoms with E-state index in [1.54, 1.807) is 0 Å². The first-order valence-electron chi connectivity index (χ1n) is 5.14. The number of rotatable bonds is 4. The highest BCUT2D eigenvalue weighted by Gasteiger charge is 2.08. The third-order valence-electron chi connectivity index (χ3n) is 2.18. The Labute approximate surface area is 113 Å². The second-order valence-corrected chi connectivity index (χ2v) is 5.55. The van der Waals surface area contributed by atoms with E-state index in [2.05, 4.69) is 44.1 Å². The fourth-order valence-electron chi connectivity index (χ4n) is 1.29. The lowest BCUT2D eigenvalue weighted by molar-refractivity contribution is 0.0949. The van der Waals surface area contributed by atoms with Crippen LogP contribution in [0.3, 0.4) is 0 Å². The summed E-state index contributed by atoms with van der Waals surface area (Å²) in [7, 11) is 0. The zero-order valence-electron chi connectivity index (χ0n) is 9.39. The highest BCUT2D eigenvalue weighted by atomic mass is 79.9. The average Bonchev–Trinajstić information content (AvgIpc) is 2.23. The van der Waals surface area contributed by atoms with Crippen molar-refractivity contribution in [2.24, 2.45) is 5.92 Å². The molecule has 0 spiro atoms. The van der Waals surface area contributed by atoms with Crippen LogP contribution in [-0.4, -0.2) is 17.8 Å². The first-order chi connectivity index (χ1) is 7.52. The number of hydrogen-bond acceptors (Lipinski definition) is 1. The lowest BCUT2D eigenvalue weighted by Gasteiger charge is -2.10. The fraction of sp³-hybridized carbons (Fsp3) is 0.417. The van der Waals surface area contributed by atoms with Crippen LogP contribution in [0.15, 0.2) is 22.7 Å². The Bertz CT molecular complexity index is 359. The number of amides is 1. The van der Waals surface area contributed by atoms with Gasteiger partial charge in [-0.1, -0.05) is 38.8 Å². The molecule has 0 saturated carbocycles. The molecule has 16 heavy (non-hydrogen) atoms. The number of hydrogen-bond donors (Lipinski definition) is 1. The van der Waals surface area contributed by atoms with Crippen molar-refractivity contribution < 1.29 is 4.79 Å². The molecule has 0 radical (unpaired) electrons. The van der Waals surface area contributed by atoms with Gasteiger partial charge in [-0.3, -0.25) is 4.79 Å². The van der Waals surface area contributed by atoms with E-state index in [4.69, 9.17) is 0 Å². The van der Waals surface area contributed by atoms with Crippen LogP contribution in [0.2, 0.25) is 0 Å². The first-order valence-corrected chi connectivity index (χ1v) is 7.05. The van der Waals surface area contributed by atoms with E-state index in [1.807, 2.05) is 25.1 Å². The van der Waals surface area contributed by atoms with Crippen LogP contribution in [-0.2, 0) is 0 Å². The minimum absolute atomic E-state index is 0.0165. The molecular formula is C12H15Br2NO. The molecule has 0 aromatic heterocycles. The highest BCUT2D eigenvalue weighted by molar-refractivity contribution is 9.10. The van der Waals surface area contributed by atoms with Crippen molar-refractivity contribution in [2.75, 3.05) is 11.9 Å². The molecule has 0 aliphatic heterocycles. The number of alkyl halides is 1. The van der Waals surface area contributed by atoms with Crippen molar-refractivity contribution in [2.45, 2.75) is 13.8 Å². The molecule has 0 aliphatic rings. The first kappa shape index (κ1) is 13.7. The van der Waals surface area contributed by atoms with Gasteiger partial charge in [-0.05, 0) is 36.6 Å². The Morgan fingerprint density at radius 1 is 1.44 bits per heavy atom. The Morgan fingerprint density at radius 2 is 2.12 bits per heavy atom. The third kappa shape index (κ3) is 4.26. The normalized spacial score (nSPS) is 12.2. The van der Waals surface area contributed by atoms with Gasteiger partial charge in [0.05, 0.1) is 0 Å². The van der Waals surface area contributed by atoms with Crippen LogP contribution in [0.4, 0.5) is 0 Å². The van der Waals surface area contributed by atoms with Gasteiger partial charge < -0.3 is 5.32 Å². The summed E-state index contributed by atoms with van der Waals surface area (Å²) >= 11 is 6.77. The number of halogens is 2. The van der Waals surface area contributed by atoms with E-state index in [0.29, 0.717) is 18.0 Å². The van der Waals surface area contributed by atoms with Gasteiger partial charge in [-0.2, -0.15) is 0 Å². The van der Waals surface area contributed by atoms with E-state index in [1.165, 1.54) is 0 Å². The topological polar surface area (TPSA) is 29.1 Å². The van der Waals surface area contributed by atoms with Gasteiger partial charge in [0.2, 0.25) is 0 Å². The number of carbonyl (C=O) groups excluding carboxylic acids is 1. The predicted molar refractivity (Wildman–Crippen MR) is 74.2 cm³/mol. The highest BCUT2D eigenvalue weighted by Crippen LogP contribution is 2.15. The average molecular weight is 349 g/mol. The molecule has 1 amide bonds. The second kappa shape index (κ2) is 6.40. The van der Waals surface area contributed by atoms with Gasteiger partial charge in [-0.25, -0.2) is 0 Å². The molecule has 88 valence electrons. The monoisotopic (exact) mass is 347 g/mol. The molecular weight excluding hydrogens is 334 g/mol. The lowest BCUT2D eigenvalue weighted by Crippen LogP contribution is -2.28. The number of aryl methyl sites for hydroxylation is 1. The summed E-state index contributed by atoms with van der Waals surface area (Å²) in [6, 6.07) is 5.71. The maximum atomic E-state index is 11.8. The van der Waals surface area contributed by atoms with Crippen molar-refractivity contribution in [1.29, 1.82) is 0 Å². The van der Waals surface area contributed by atoms with Gasteiger partial charge >= 0.3 is 0 Å². The molecule has 0 heterocycles. The molecule has 0 fully saturated rings. The molecule has 1 atom stereocenters. The maximum absolute atomic E-state index is 11.8. The summed E-state index contributed by atoms with van der Waals surface area (Å²) in [6.45, 7) is 4.75. The molecule has 0 saturated heterocycles. The number of carbonyl (C=O) groups is 1. The molecule has 1 N–H and O–H groups in total. The molecule has 2 nitrogen and oxygen atoms in total. The van der Waals surface area contributed by atoms with Gasteiger partial charge in [0.1, 0.15) is 0 Å². The summed E-state index contributed by atoms with van der Waals surface area (Å²) in [5, 5.41) is 3.81. The smallest absolute Gasteiger partial charge is 0.251 e. The van der Waals surface area contributed by atoms with E-state index < -0.39 is 0 Å². The summed E-state index contributed by atoms with van der Waals surface area (Å²) in [5.74, 6) is 0.425.